The second kappa shape index (κ2) is 6.74. The largest absolute Gasteiger partial charge is 0.357 e. The molecule has 0 saturated carbocycles. The van der Waals surface area contributed by atoms with Crippen LogP contribution < -0.4 is 15.5 Å². The zero-order valence-electron chi connectivity index (χ0n) is 13.0. The Morgan fingerprint density at radius 1 is 1.22 bits per heavy atom. The molecule has 7 nitrogen and oxygen atoms in total. The standard InChI is InChI=1S/C15H22N4O3S/c20-15(18-13-6-9-23(21,22)11-13)17-12-4-5-14(16-10-12)19-7-2-1-3-8-19/h4-5,10,13H,1-3,6-9,11H2,(H2,17,18,20)/t13-/m1/s1. The normalized spacial score (nSPS) is 23.5. The van der Waals surface area contributed by atoms with Crippen LogP contribution in [0.4, 0.5) is 16.3 Å². The van der Waals surface area contributed by atoms with E-state index in [0.29, 0.717) is 12.1 Å². The Kier molecular flexibility index (Phi) is 4.70. The molecular formula is C15H22N4O3S. The molecule has 1 aromatic rings. The van der Waals surface area contributed by atoms with Crippen LogP contribution in [0.5, 0.6) is 0 Å². The number of sulfone groups is 1. The molecule has 126 valence electrons. The summed E-state index contributed by atoms with van der Waals surface area (Å²) in [7, 11) is -2.99. The van der Waals surface area contributed by atoms with Crippen molar-refractivity contribution in [1.29, 1.82) is 0 Å². The van der Waals surface area contributed by atoms with Gasteiger partial charge in [0.25, 0.3) is 0 Å². The summed E-state index contributed by atoms with van der Waals surface area (Å²) in [6.45, 7) is 2.05. The maximum Gasteiger partial charge on any atom is 0.319 e. The molecule has 2 N–H and O–H groups in total. The first-order valence-electron chi connectivity index (χ1n) is 8.01. The summed E-state index contributed by atoms with van der Waals surface area (Å²) in [6.07, 6.45) is 5.76. The number of hydrogen-bond acceptors (Lipinski definition) is 5. The van der Waals surface area contributed by atoms with E-state index in [0.717, 1.165) is 18.9 Å². The lowest BCUT2D eigenvalue weighted by atomic mass is 10.1. The third-order valence-corrected chi connectivity index (χ3v) is 6.02. The molecular weight excluding hydrogens is 316 g/mol. The average molecular weight is 338 g/mol. The van der Waals surface area contributed by atoms with Gasteiger partial charge in [0.05, 0.1) is 23.4 Å². The third-order valence-electron chi connectivity index (χ3n) is 4.25. The Morgan fingerprint density at radius 2 is 2.00 bits per heavy atom. The van der Waals surface area contributed by atoms with Gasteiger partial charge in [0.15, 0.2) is 9.84 Å². The summed E-state index contributed by atoms with van der Waals surface area (Å²) < 4.78 is 22.8. The zero-order valence-corrected chi connectivity index (χ0v) is 13.8. The number of pyridine rings is 1. The van der Waals surface area contributed by atoms with E-state index in [4.69, 9.17) is 0 Å². The number of anilines is 2. The van der Waals surface area contributed by atoms with Crippen LogP contribution in [-0.4, -0.2) is 50.1 Å². The van der Waals surface area contributed by atoms with Crippen molar-refractivity contribution in [3.05, 3.63) is 18.3 Å². The average Bonchev–Trinajstić information content (AvgIpc) is 2.87. The molecule has 2 aliphatic heterocycles. The van der Waals surface area contributed by atoms with Gasteiger partial charge in [-0.2, -0.15) is 0 Å². The first kappa shape index (κ1) is 16.0. The van der Waals surface area contributed by atoms with Crippen LogP contribution in [0.25, 0.3) is 0 Å². The smallest absolute Gasteiger partial charge is 0.319 e. The highest BCUT2D eigenvalue weighted by molar-refractivity contribution is 7.91. The number of rotatable bonds is 3. The van der Waals surface area contributed by atoms with Gasteiger partial charge in [0.2, 0.25) is 0 Å². The first-order chi connectivity index (χ1) is 11.0. The molecule has 0 aromatic carbocycles. The van der Waals surface area contributed by atoms with E-state index >= 15 is 0 Å². The van der Waals surface area contributed by atoms with E-state index in [1.807, 2.05) is 12.1 Å². The lowest BCUT2D eigenvalue weighted by Gasteiger charge is -2.27. The Labute approximate surface area is 136 Å². The van der Waals surface area contributed by atoms with Crippen LogP contribution >= 0.6 is 0 Å². The van der Waals surface area contributed by atoms with E-state index in [2.05, 4.69) is 20.5 Å². The fourth-order valence-corrected chi connectivity index (χ4v) is 4.70. The molecule has 2 fully saturated rings. The molecule has 8 heteroatoms. The molecule has 0 spiro atoms. The minimum Gasteiger partial charge on any atom is -0.357 e. The quantitative estimate of drug-likeness (QED) is 0.869. The van der Waals surface area contributed by atoms with Crippen molar-refractivity contribution >= 4 is 27.4 Å². The monoisotopic (exact) mass is 338 g/mol. The maximum atomic E-state index is 11.9. The SMILES string of the molecule is O=C(Nc1ccc(N2CCCCC2)nc1)N[C@@H]1CCS(=O)(=O)C1. The number of amides is 2. The minimum absolute atomic E-state index is 0.0204. The van der Waals surface area contributed by atoms with Crippen molar-refractivity contribution in [3.63, 3.8) is 0 Å². The van der Waals surface area contributed by atoms with Gasteiger partial charge in [-0.3, -0.25) is 0 Å². The Balaban J connectivity index is 1.52. The van der Waals surface area contributed by atoms with E-state index in [9.17, 15) is 13.2 Å². The molecule has 1 atom stereocenters. The summed E-state index contributed by atoms with van der Waals surface area (Å²) in [4.78, 5) is 18.6. The van der Waals surface area contributed by atoms with Crippen LogP contribution in [0.3, 0.4) is 0 Å². The number of carbonyl (C=O) groups excluding carboxylic acids is 1. The summed E-state index contributed by atoms with van der Waals surface area (Å²) in [5.74, 6) is 1.09. The summed E-state index contributed by atoms with van der Waals surface area (Å²) in [5.41, 5.74) is 0.601. The van der Waals surface area contributed by atoms with E-state index in [1.165, 1.54) is 19.3 Å². The number of aromatic nitrogens is 1. The lowest BCUT2D eigenvalue weighted by molar-refractivity contribution is 0.249. The van der Waals surface area contributed by atoms with Crippen molar-refractivity contribution < 1.29 is 13.2 Å². The molecule has 0 unspecified atom stereocenters. The molecule has 0 radical (unpaired) electrons. The maximum absolute atomic E-state index is 11.9. The van der Waals surface area contributed by atoms with Crippen LogP contribution in [0, 0.1) is 0 Å². The van der Waals surface area contributed by atoms with Gasteiger partial charge >= 0.3 is 6.03 Å². The molecule has 0 bridgehead atoms. The lowest BCUT2D eigenvalue weighted by Crippen LogP contribution is -2.38. The topological polar surface area (TPSA) is 91.4 Å². The highest BCUT2D eigenvalue weighted by atomic mass is 32.2. The number of urea groups is 1. The van der Waals surface area contributed by atoms with Gasteiger partial charge < -0.3 is 15.5 Å². The van der Waals surface area contributed by atoms with Gasteiger partial charge in [-0.1, -0.05) is 0 Å². The van der Waals surface area contributed by atoms with Gasteiger partial charge in [-0.05, 0) is 37.8 Å². The predicted molar refractivity (Wildman–Crippen MR) is 89.5 cm³/mol. The first-order valence-corrected chi connectivity index (χ1v) is 9.83. The van der Waals surface area contributed by atoms with Crippen molar-refractivity contribution in [3.8, 4) is 0 Å². The molecule has 2 amide bonds. The zero-order chi connectivity index (χ0) is 16.3. The van der Waals surface area contributed by atoms with Gasteiger partial charge in [-0.15, -0.1) is 0 Å². The molecule has 2 saturated heterocycles. The minimum atomic E-state index is -2.99. The fraction of sp³-hybridized carbons (Fsp3) is 0.600. The van der Waals surface area contributed by atoms with Crippen LogP contribution in [0.1, 0.15) is 25.7 Å². The number of hydrogen-bond donors (Lipinski definition) is 2. The number of carbonyl (C=O) groups is 1. The predicted octanol–water partition coefficient (Wildman–Crippen LogP) is 1.38. The summed E-state index contributed by atoms with van der Waals surface area (Å²) >= 11 is 0. The Bertz CT molecular complexity index is 654. The molecule has 3 rings (SSSR count). The van der Waals surface area contributed by atoms with Gasteiger partial charge in [-0.25, -0.2) is 18.2 Å². The second-order valence-electron chi connectivity index (χ2n) is 6.15. The summed E-state index contributed by atoms with van der Waals surface area (Å²) in [5, 5.41) is 5.39. The molecule has 3 heterocycles. The van der Waals surface area contributed by atoms with Gasteiger partial charge in [0.1, 0.15) is 5.82 Å². The summed E-state index contributed by atoms with van der Waals surface area (Å²) in [6, 6.07) is 3.03. The van der Waals surface area contributed by atoms with Crippen molar-refractivity contribution in [2.75, 3.05) is 34.8 Å². The van der Waals surface area contributed by atoms with Crippen LogP contribution in [0.2, 0.25) is 0 Å². The van der Waals surface area contributed by atoms with Gasteiger partial charge in [0, 0.05) is 19.1 Å². The fourth-order valence-electron chi connectivity index (χ4n) is 3.03. The number of nitrogens with zero attached hydrogens (tertiary/aromatic N) is 2. The number of piperidine rings is 1. The van der Waals surface area contributed by atoms with Crippen LogP contribution in [0.15, 0.2) is 18.3 Å². The van der Waals surface area contributed by atoms with E-state index in [1.54, 1.807) is 6.20 Å². The third kappa shape index (κ3) is 4.34. The van der Waals surface area contributed by atoms with E-state index in [-0.39, 0.29) is 23.6 Å². The Morgan fingerprint density at radius 3 is 2.61 bits per heavy atom. The van der Waals surface area contributed by atoms with Crippen molar-refractivity contribution in [2.45, 2.75) is 31.7 Å². The van der Waals surface area contributed by atoms with Crippen molar-refractivity contribution in [1.82, 2.24) is 10.3 Å². The molecule has 2 aliphatic rings. The molecule has 0 aliphatic carbocycles. The highest BCUT2D eigenvalue weighted by Crippen LogP contribution is 2.19. The van der Waals surface area contributed by atoms with Crippen LogP contribution in [-0.2, 0) is 9.84 Å². The number of nitrogens with one attached hydrogen (secondary N) is 2. The molecule has 1 aromatic heterocycles. The highest BCUT2D eigenvalue weighted by Gasteiger charge is 2.28. The van der Waals surface area contributed by atoms with E-state index < -0.39 is 9.84 Å². The molecule has 23 heavy (non-hydrogen) atoms. The van der Waals surface area contributed by atoms with Crippen molar-refractivity contribution in [2.24, 2.45) is 0 Å². The Hall–Kier alpha value is -1.83. The second-order valence-corrected chi connectivity index (χ2v) is 8.38.